The molecule has 1 fully saturated rings. The Morgan fingerprint density at radius 3 is 2.64 bits per heavy atom. The van der Waals surface area contributed by atoms with Crippen LogP contribution in [-0.4, -0.2) is 29.7 Å². The minimum atomic E-state index is -0.307. The van der Waals surface area contributed by atoms with Crippen LogP contribution in [-0.2, 0) is 4.79 Å². The summed E-state index contributed by atoms with van der Waals surface area (Å²) in [5, 5.41) is 11.9. The van der Waals surface area contributed by atoms with Crippen LogP contribution in [0.5, 0.6) is 0 Å². The Labute approximate surface area is 84.9 Å². The van der Waals surface area contributed by atoms with Crippen LogP contribution < -0.4 is 11.1 Å². The minimum absolute atomic E-state index is 0.000833. The zero-order valence-corrected chi connectivity index (χ0v) is 8.75. The molecule has 4 heteroatoms. The highest BCUT2D eigenvalue weighted by Crippen LogP contribution is 2.34. The minimum Gasteiger partial charge on any atom is -0.394 e. The molecule has 1 aliphatic rings. The van der Waals surface area contributed by atoms with Crippen LogP contribution in [0.15, 0.2) is 0 Å². The first-order valence-corrected chi connectivity index (χ1v) is 5.30. The third-order valence-corrected chi connectivity index (χ3v) is 2.84. The fourth-order valence-electron chi connectivity index (χ4n) is 1.54. The van der Waals surface area contributed by atoms with Gasteiger partial charge < -0.3 is 16.2 Å². The SMILES string of the molecule is CCCC(CN)C(=O)NC1(CO)CC1. The maximum Gasteiger partial charge on any atom is 0.224 e. The van der Waals surface area contributed by atoms with Crippen molar-refractivity contribution in [2.45, 2.75) is 38.1 Å². The average Bonchev–Trinajstić information content (AvgIpc) is 2.94. The van der Waals surface area contributed by atoms with Crippen molar-refractivity contribution in [3.05, 3.63) is 0 Å². The van der Waals surface area contributed by atoms with Gasteiger partial charge in [-0.2, -0.15) is 0 Å². The molecule has 1 unspecified atom stereocenters. The van der Waals surface area contributed by atoms with Crippen LogP contribution in [0.2, 0.25) is 0 Å². The van der Waals surface area contributed by atoms with E-state index in [1.807, 2.05) is 6.92 Å². The molecule has 1 atom stereocenters. The van der Waals surface area contributed by atoms with Gasteiger partial charge >= 0.3 is 0 Å². The van der Waals surface area contributed by atoms with Crippen LogP contribution >= 0.6 is 0 Å². The number of nitrogens with two attached hydrogens (primary N) is 1. The van der Waals surface area contributed by atoms with E-state index in [-0.39, 0.29) is 24.0 Å². The number of carbonyl (C=O) groups excluding carboxylic acids is 1. The molecule has 0 bridgehead atoms. The summed E-state index contributed by atoms with van der Waals surface area (Å²) in [4.78, 5) is 11.7. The Hall–Kier alpha value is -0.610. The lowest BCUT2D eigenvalue weighted by atomic mass is 10.0. The number of aliphatic hydroxyl groups excluding tert-OH is 1. The Morgan fingerprint density at radius 2 is 2.29 bits per heavy atom. The van der Waals surface area contributed by atoms with Crippen LogP contribution in [0.4, 0.5) is 0 Å². The summed E-state index contributed by atoms with van der Waals surface area (Å²) in [6.45, 7) is 2.47. The van der Waals surface area contributed by atoms with Gasteiger partial charge in [0.05, 0.1) is 18.1 Å². The molecule has 0 aromatic rings. The first-order valence-electron chi connectivity index (χ1n) is 5.30. The van der Waals surface area contributed by atoms with E-state index in [2.05, 4.69) is 5.32 Å². The molecule has 1 amide bonds. The molecule has 4 nitrogen and oxygen atoms in total. The Bertz CT molecular complexity index is 202. The Morgan fingerprint density at radius 1 is 1.64 bits per heavy atom. The molecule has 4 N–H and O–H groups in total. The number of amides is 1. The highest BCUT2D eigenvalue weighted by Gasteiger charge is 2.44. The summed E-state index contributed by atoms with van der Waals surface area (Å²) in [6, 6.07) is 0. The molecule has 1 saturated carbocycles. The fraction of sp³-hybridized carbons (Fsp3) is 0.900. The molecule has 0 aromatic carbocycles. The molecule has 82 valence electrons. The smallest absolute Gasteiger partial charge is 0.224 e. The van der Waals surface area contributed by atoms with Gasteiger partial charge in [0.25, 0.3) is 0 Å². The van der Waals surface area contributed by atoms with Gasteiger partial charge in [-0.3, -0.25) is 4.79 Å². The van der Waals surface area contributed by atoms with Crippen molar-refractivity contribution in [3.63, 3.8) is 0 Å². The third kappa shape index (κ3) is 2.69. The van der Waals surface area contributed by atoms with Gasteiger partial charge in [0.15, 0.2) is 0 Å². The second-order valence-corrected chi connectivity index (χ2v) is 4.15. The van der Waals surface area contributed by atoms with Crippen molar-refractivity contribution in [2.24, 2.45) is 11.7 Å². The van der Waals surface area contributed by atoms with Gasteiger partial charge in [0, 0.05) is 6.54 Å². The third-order valence-electron chi connectivity index (χ3n) is 2.84. The molecular weight excluding hydrogens is 180 g/mol. The molecule has 0 aromatic heterocycles. The van der Waals surface area contributed by atoms with Crippen molar-refractivity contribution >= 4 is 5.91 Å². The lowest BCUT2D eigenvalue weighted by molar-refractivity contribution is -0.126. The average molecular weight is 200 g/mol. The Kier molecular flexibility index (Phi) is 3.89. The zero-order valence-electron chi connectivity index (χ0n) is 8.75. The predicted octanol–water partition coefficient (Wildman–Crippen LogP) is 0.00250. The quantitative estimate of drug-likeness (QED) is 0.565. The van der Waals surface area contributed by atoms with E-state index >= 15 is 0 Å². The van der Waals surface area contributed by atoms with Crippen molar-refractivity contribution in [3.8, 4) is 0 Å². The normalized spacial score (nSPS) is 20.2. The monoisotopic (exact) mass is 200 g/mol. The second kappa shape index (κ2) is 4.75. The first-order chi connectivity index (χ1) is 6.67. The molecule has 14 heavy (non-hydrogen) atoms. The summed E-state index contributed by atoms with van der Waals surface area (Å²) >= 11 is 0. The fourth-order valence-corrected chi connectivity index (χ4v) is 1.54. The van der Waals surface area contributed by atoms with Crippen LogP contribution in [0.1, 0.15) is 32.6 Å². The maximum atomic E-state index is 11.7. The number of hydrogen-bond donors (Lipinski definition) is 3. The lowest BCUT2D eigenvalue weighted by Crippen LogP contribution is -2.44. The van der Waals surface area contributed by atoms with Gasteiger partial charge in [-0.05, 0) is 19.3 Å². The molecule has 1 rings (SSSR count). The highest BCUT2D eigenvalue weighted by atomic mass is 16.3. The van der Waals surface area contributed by atoms with E-state index in [1.54, 1.807) is 0 Å². The molecular formula is C10H20N2O2. The standard InChI is InChI=1S/C10H20N2O2/c1-2-3-8(6-11)9(14)12-10(7-13)4-5-10/h8,13H,2-7,11H2,1H3,(H,12,14). The lowest BCUT2D eigenvalue weighted by Gasteiger charge is -2.19. The molecule has 0 radical (unpaired) electrons. The van der Waals surface area contributed by atoms with Gasteiger partial charge in [-0.15, -0.1) is 0 Å². The highest BCUT2D eigenvalue weighted by molar-refractivity contribution is 5.80. The summed E-state index contributed by atoms with van der Waals surface area (Å²) in [5.41, 5.74) is 5.21. The topological polar surface area (TPSA) is 75.4 Å². The number of carbonyl (C=O) groups is 1. The molecule has 0 heterocycles. The molecule has 0 aliphatic heterocycles. The van der Waals surface area contributed by atoms with E-state index in [1.165, 1.54) is 0 Å². The number of rotatable bonds is 6. The van der Waals surface area contributed by atoms with E-state index in [9.17, 15) is 4.79 Å². The van der Waals surface area contributed by atoms with Crippen molar-refractivity contribution < 1.29 is 9.90 Å². The van der Waals surface area contributed by atoms with Crippen LogP contribution in [0.3, 0.4) is 0 Å². The zero-order chi connectivity index (χ0) is 10.6. The number of aliphatic hydroxyl groups is 1. The Balaban J connectivity index is 2.39. The van der Waals surface area contributed by atoms with E-state index in [0.29, 0.717) is 6.54 Å². The summed E-state index contributed by atoms with van der Waals surface area (Å²) in [7, 11) is 0. The van der Waals surface area contributed by atoms with Crippen LogP contribution in [0, 0.1) is 5.92 Å². The van der Waals surface area contributed by atoms with Gasteiger partial charge in [-0.1, -0.05) is 13.3 Å². The number of nitrogens with one attached hydrogen (secondary N) is 1. The molecule has 0 spiro atoms. The summed E-state index contributed by atoms with van der Waals surface area (Å²) in [5.74, 6) is -0.0927. The van der Waals surface area contributed by atoms with Gasteiger partial charge in [0.2, 0.25) is 5.91 Å². The van der Waals surface area contributed by atoms with E-state index < -0.39 is 0 Å². The van der Waals surface area contributed by atoms with Gasteiger partial charge in [0.1, 0.15) is 0 Å². The first kappa shape index (κ1) is 11.5. The van der Waals surface area contributed by atoms with Crippen LogP contribution in [0.25, 0.3) is 0 Å². The predicted molar refractivity (Wildman–Crippen MR) is 54.6 cm³/mol. The maximum absolute atomic E-state index is 11.7. The van der Waals surface area contributed by atoms with E-state index in [4.69, 9.17) is 10.8 Å². The molecule has 1 aliphatic carbocycles. The summed E-state index contributed by atoms with van der Waals surface area (Å²) in [6.07, 6.45) is 3.56. The number of hydrogen-bond acceptors (Lipinski definition) is 3. The van der Waals surface area contributed by atoms with Gasteiger partial charge in [-0.25, -0.2) is 0 Å². The van der Waals surface area contributed by atoms with Crippen molar-refractivity contribution in [1.29, 1.82) is 0 Å². The largest absolute Gasteiger partial charge is 0.394 e. The summed E-state index contributed by atoms with van der Waals surface area (Å²) < 4.78 is 0. The second-order valence-electron chi connectivity index (χ2n) is 4.15. The van der Waals surface area contributed by atoms with E-state index in [0.717, 1.165) is 25.7 Å². The van der Waals surface area contributed by atoms with Crippen molar-refractivity contribution in [1.82, 2.24) is 5.32 Å². The molecule has 0 saturated heterocycles. The van der Waals surface area contributed by atoms with Crippen molar-refractivity contribution in [2.75, 3.05) is 13.2 Å².